The smallest absolute Gasteiger partial charge is 0.410 e. The fourth-order valence-corrected chi connectivity index (χ4v) is 5.33. The molecule has 2 saturated heterocycles. The van der Waals surface area contributed by atoms with Crippen LogP contribution in [0.15, 0.2) is 0 Å². The molecule has 0 bridgehead atoms. The van der Waals surface area contributed by atoms with Crippen LogP contribution in [0.25, 0.3) is 0 Å². The number of rotatable bonds is 2. The number of aliphatic hydroxyl groups is 1. The molecule has 3 aliphatic rings. The van der Waals surface area contributed by atoms with E-state index < -0.39 is 17.1 Å². The Morgan fingerprint density at radius 1 is 1.11 bits per heavy atom. The molecule has 3 rings (SSSR count). The topological polar surface area (TPSA) is 70.1 Å². The van der Waals surface area contributed by atoms with Crippen molar-refractivity contribution >= 4 is 12.0 Å². The van der Waals surface area contributed by atoms with E-state index >= 15 is 0 Å². The number of aliphatic hydroxyl groups excluding tert-OH is 1. The Morgan fingerprint density at radius 2 is 1.82 bits per heavy atom. The molecular weight excluding hydrogens is 356 g/mol. The number of amides is 2. The lowest BCUT2D eigenvalue weighted by Gasteiger charge is -2.57. The van der Waals surface area contributed by atoms with Gasteiger partial charge in [-0.3, -0.25) is 4.79 Å². The van der Waals surface area contributed by atoms with E-state index in [1.54, 1.807) is 4.90 Å². The molecule has 3 fully saturated rings. The number of hydrogen-bond acceptors (Lipinski definition) is 4. The molecule has 6 heteroatoms. The van der Waals surface area contributed by atoms with Gasteiger partial charge in [0.25, 0.3) is 0 Å². The van der Waals surface area contributed by atoms with Gasteiger partial charge in [-0.2, -0.15) is 0 Å². The van der Waals surface area contributed by atoms with E-state index in [1.165, 1.54) is 6.42 Å². The van der Waals surface area contributed by atoms with Crippen molar-refractivity contribution in [2.45, 2.75) is 90.9 Å². The number of ether oxygens (including phenoxy) is 1. The second-order valence-corrected chi connectivity index (χ2v) is 10.4. The summed E-state index contributed by atoms with van der Waals surface area (Å²) in [6, 6.07) is 0.293. The molecule has 6 nitrogen and oxygen atoms in total. The number of carbonyl (C=O) groups excluding carboxylic acids is 2. The number of nitrogens with zero attached hydrogens (tertiary/aromatic N) is 2. The van der Waals surface area contributed by atoms with Crippen LogP contribution in [-0.2, 0) is 9.53 Å². The zero-order valence-corrected chi connectivity index (χ0v) is 18.2. The number of piperidine rings is 2. The third-order valence-electron chi connectivity index (χ3n) is 6.97. The van der Waals surface area contributed by atoms with Gasteiger partial charge in [0.05, 0.1) is 6.10 Å². The van der Waals surface area contributed by atoms with Crippen LogP contribution in [0.5, 0.6) is 0 Å². The first-order chi connectivity index (χ1) is 13.0. The van der Waals surface area contributed by atoms with Gasteiger partial charge >= 0.3 is 6.09 Å². The molecule has 4 atom stereocenters. The van der Waals surface area contributed by atoms with E-state index in [4.69, 9.17) is 4.74 Å². The molecule has 1 aliphatic carbocycles. The third-order valence-corrected chi connectivity index (χ3v) is 6.97. The molecule has 2 amide bonds. The van der Waals surface area contributed by atoms with E-state index in [2.05, 4.69) is 18.7 Å². The summed E-state index contributed by atoms with van der Waals surface area (Å²) >= 11 is 0. The molecule has 4 unspecified atom stereocenters. The first-order valence-corrected chi connectivity index (χ1v) is 11.0. The van der Waals surface area contributed by atoms with Gasteiger partial charge < -0.3 is 19.6 Å². The van der Waals surface area contributed by atoms with E-state index in [1.807, 2.05) is 20.8 Å². The molecule has 1 saturated carbocycles. The minimum atomic E-state index is -0.548. The molecule has 2 heterocycles. The Bertz CT molecular complexity index is 600. The SMILES string of the molecule is CC(C)C1CCCCN1C(=O)C1CCC12CN(C(=O)OC(C)(C)C)CCC2O. The number of likely N-dealkylation sites (tertiary alicyclic amines) is 2. The number of carbonyl (C=O) groups is 2. The summed E-state index contributed by atoms with van der Waals surface area (Å²) in [5.74, 6) is 0.441. The molecule has 28 heavy (non-hydrogen) atoms. The molecule has 160 valence electrons. The predicted octanol–water partition coefficient (Wildman–Crippen LogP) is 3.42. The standard InChI is InChI=1S/C22H38N2O4/c1-15(2)17-8-6-7-12-24(17)19(26)16-9-11-22(16)14-23(13-10-18(22)25)20(27)28-21(3,4)5/h15-18,25H,6-14H2,1-5H3. The summed E-state index contributed by atoms with van der Waals surface area (Å²) in [6.45, 7) is 11.7. The molecule has 1 spiro atoms. The van der Waals surface area contributed by atoms with E-state index in [0.29, 0.717) is 31.5 Å². The maximum Gasteiger partial charge on any atom is 0.410 e. The monoisotopic (exact) mass is 394 g/mol. The Labute approximate surface area is 169 Å². The third kappa shape index (κ3) is 4.03. The highest BCUT2D eigenvalue weighted by molar-refractivity contribution is 5.81. The summed E-state index contributed by atoms with van der Waals surface area (Å²) in [5, 5.41) is 10.9. The summed E-state index contributed by atoms with van der Waals surface area (Å²) < 4.78 is 5.54. The fraction of sp³-hybridized carbons (Fsp3) is 0.909. The van der Waals surface area contributed by atoms with Crippen molar-refractivity contribution in [3.8, 4) is 0 Å². The molecule has 0 aromatic carbocycles. The van der Waals surface area contributed by atoms with Crippen LogP contribution in [0.4, 0.5) is 4.79 Å². The first kappa shape index (κ1) is 21.4. The zero-order chi connectivity index (χ0) is 20.7. The molecule has 0 aromatic heterocycles. The quantitative estimate of drug-likeness (QED) is 0.779. The van der Waals surface area contributed by atoms with Crippen LogP contribution in [0, 0.1) is 17.3 Å². The fourth-order valence-electron chi connectivity index (χ4n) is 5.33. The Morgan fingerprint density at radius 3 is 2.39 bits per heavy atom. The van der Waals surface area contributed by atoms with Gasteiger partial charge in [-0.1, -0.05) is 13.8 Å². The van der Waals surface area contributed by atoms with Crippen molar-refractivity contribution in [2.75, 3.05) is 19.6 Å². The first-order valence-electron chi connectivity index (χ1n) is 11.0. The Kier molecular flexibility index (Phi) is 6.00. The average molecular weight is 395 g/mol. The van der Waals surface area contributed by atoms with Crippen molar-refractivity contribution in [1.82, 2.24) is 9.80 Å². The van der Waals surface area contributed by atoms with Crippen LogP contribution in [-0.4, -0.2) is 64.3 Å². The zero-order valence-electron chi connectivity index (χ0n) is 18.2. The summed E-state index contributed by atoms with van der Waals surface area (Å²) in [5.41, 5.74) is -1.06. The van der Waals surface area contributed by atoms with E-state index in [0.717, 1.165) is 32.2 Å². The van der Waals surface area contributed by atoms with Gasteiger partial charge in [0.15, 0.2) is 0 Å². The Balaban J connectivity index is 1.75. The van der Waals surface area contributed by atoms with Crippen LogP contribution in [0.1, 0.15) is 73.1 Å². The highest BCUT2D eigenvalue weighted by Crippen LogP contribution is 2.53. The van der Waals surface area contributed by atoms with Crippen molar-refractivity contribution in [1.29, 1.82) is 0 Å². The average Bonchev–Trinajstić information content (AvgIpc) is 2.59. The van der Waals surface area contributed by atoms with Gasteiger partial charge in [-0.25, -0.2) is 4.79 Å². The minimum absolute atomic E-state index is 0.188. The highest BCUT2D eigenvalue weighted by Gasteiger charge is 2.59. The van der Waals surface area contributed by atoms with Crippen LogP contribution in [0.2, 0.25) is 0 Å². The number of hydrogen-bond donors (Lipinski definition) is 1. The lowest BCUT2D eigenvalue weighted by molar-refractivity contribution is -0.173. The van der Waals surface area contributed by atoms with Gasteiger partial charge in [-0.05, 0) is 65.2 Å². The van der Waals surface area contributed by atoms with E-state index in [9.17, 15) is 14.7 Å². The van der Waals surface area contributed by atoms with E-state index in [-0.39, 0.29) is 17.9 Å². The van der Waals surface area contributed by atoms with Crippen molar-refractivity contribution in [3.05, 3.63) is 0 Å². The summed E-state index contributed by atoms with van der Waals surface area (Å²) in [4.78, 5) is 29.9. The van der Waals surface area contributed by atoms with Crippen LogP contribution >= 0.6 is 0 Å². The van der Waals surface area contributed by atoms with Crippen molar-refractivity contribution < 1.29 is 19.4 Å². The normalized spacial score (nSPS) is 33.8. The van der Waals surface area contributed by atoms with Crippen molar-refractivity contribution in [2.24, 2.45) is 17.3 Å². The molecule has 0 radical (unpaired) electrons. The van der Waals surface area contributed by atoms with Gasteiger partial charge in [0.1, 0.15) is 5.60 Å². The lowest BCUT2D eigenvalue weighted by Crippen LogP contribution is -2.65. The summed E-state index contributed by atoms with van der Waals surface area (Å²) in [7, 11) is 0. The Hall–Kier alpha value is -1.30. The molecular formula is C22H38N2O4. The maximum absolute atomic E-state index is 13.5. The lowest BCUT2D eigenvalue weighted by atomic mass is 9.54. The van der Waals surface area contributed by atoms with Gasteiger partial charge in [0.2, 0.25) is 5.91 Å². The predicted molar refractivity (Wildman–Crippen MR) is 108 cm³/mol. The molecule has 1 N–H and O–H groups in total. The second kappa shape index (κ2) is 7.85. The minimum Gasteiger partial charge on any atom is -0.444 e. The molecule has 2 aliphatic heterocycles. The van der Waals surface area contributed by atoms with Gasteiger partial charge in [-0.15, -0.1) is 0 Å². The van der Waals surface area contributed by atoms with Gasteiger partial charge in [0, 0.05) is 37.0 Å². The highest BCUT2D eigenvalue weighted by atomic mass is 16.6. The van der Waals surface area contributed by atoms with Crippen LogP contribution in [0.3, 0.4) is 0 Å². The summed E-state index contributed by atoms with van der Waals surface area (Å²) in [6.07, 6.45) is 4.54. The largest absolute Gasteiger partial charge is 0.444 e. The van der Waals surface area contributed by atoms with Crippen LogP contribution < -0.4 is 0 Å². The maximum atomic E-state index is 13.5. The molecule has 0 aromatic rings. The second-order valence-electron chi connectivity index (χ2n) is 10.4. The van der Waals surface area contributed by atoms with Crippen molar-refractivity contribution in [3.63, 3.8) is 0 Å².